The summed E-state index contributed by atoms with van der Waals surface area (Å²) in [6.07, 6.45) is 1.06. The first kappa shape index (κ1) is 12.5. The zero-order chi connectivity index (χ0) is 11.8. The van der Waals surface area contributed by atoms with Crippen molar-refractivity contribution in [3.63, 3.8) is 0 Å². The maximum Gasteiger partial charge on any atom is 0.300 e. The second kappa shape index (κ2) is 6.80. The van der Waals surface area contributed by atoms with Gasteiger partial charge in [-0.15, -0.1) is 0 Å². The van der Waals surface area contributed by atoms with E-state index in [0.29, 0.717) is 0 Å². The molecule has 2 aromatic rings. The van der Waals surface area contributed by atoms with E-state index in [4.69, 9.17) is 9.90 Å². The van der Waals surface area contributed by atoms with Crippen LogP contribution in [0.4, 0.5) is 0 Å². The van der Waals surface area contributed by atoms with E-state index in [1.807, 2.05) is 0 Å². The van der Waals surface area contributed by atoms with Crippen LogP contribution in [0.5, 0.6) is 0 Å². The number of rotatable bonds is 2. The fourth-order valence-electron chi connectivity index (χ4n) is 1.22. The predicted octanol–water partition coefficient (Wildman–Crippen LogP) is 3.43. The summed E-state index contributed by atoms with van der Waals surface area (Å²) in [7, 11) is 0. The summed E-state index contributed by atoms with van der Waals surface area (Å²) in [5.41, 5.74) is 2.79. The van der Waals surface area contributed by atoms with Crippen LogP contribution in [0, 0.1) is 0 Å². The lowest BCUT2D eigenvalue weighted by molar-refractivity contribution is -0.134. The average molecular weight is 234 g/mol. The molecule has 2 nitrogen and oxygen atoms in total. The summed E-state index contributed by atoms with van der Waals surface area (Å²) < 4.78 is 0. The third-order valence-corrected chi connectivity index (χ3v) is 2.56. The van der Waals surface area contributed by atoms with Crippen molar-refractivity contribution in [1.29, 1.82) is 0 Å². The standard InChI is InChI=1S/C11H10S.C2H4O2/c1-2-4-10(5-3-1)8-11-6-7-12-9-11;1-2(3)4/h1-7,9H,8H2;1H3,(H,3,4). The van der Waals surface area contributed by atoms with Gasteiger partial charge in [0.25, 0.3) is 5.97 Å². The summed E-state index contributed by atoms with van der Waals surface area (Å²) >= 11 is 1.76. The van der Waals surface area contributed by atoms with E-state index in [2.05, 4.69) is 47.2 Å². The Kier molecular flexibility index (Phi) is 5.29. The van der Waals surface area contributed by atoms with Gasteiger partial charge in [0.15, 0.2) is 0 Å². The van der Waals surface area contributed by atoms with E-state index in [1.54, 1.807) is 11.3 Å². The first-order valence-electron chi connectivity index (χ1n) is 4.93. The Labute approximate surface area is 99.2 Å². The topological polar surface area (TPSA) is 37.3 Å². The quantitative estimate of drug-likeness (QED) is 0.864. The molecule has 0 aliphatic rings. The highest BCUT2D eigenvalue weighted by molar-refractivity contribution is 7.07. The third-order valence-electron chi connectivity index (χ3n) is 1.83. The van der Waals surface area contributed by atoms with E-state index in [-0.39, 0.29) is 0 Å². The largest absolute Gasteiger partial charge is 0.481 e. The lowest BCUT2D eigenvalue weighted by Gasteiger charge is -1.96. The molecule has 0 saturated heterocycles. The van der Waals surface area contributed by atoms with E-state index in [9.17, 15) is 0 Å². The van der Waals surface area contributed by atoms with Gasteiger partial charge < -0.3 is 5.11 Å². The summed E-state index contributed by atoms with van der Waals surface area (Å²) in [6, 6.07) is 12.7. The minimum Gasteiger partial charge on any atom is -0.481 e. The lowest BCUT2D eigenvalue weighted by atomic mass is 10.1. The highest BCUT2D eigenvalue weighted by Gasteiger charge is 1.93. The summed E-state index contributed by atoms with van der Waals surface area (Å²) in [5, 5.41) is 11.7. The molecular formula is C13H14O2S. The molecule has 3 heteroatoms. The Morgan fingerprint density at radius 1 is 1.19 bits per heavy atom. The molecule has 0 unspecified atom stereocenters. The number of thiophene rings is 1. The molecule has 0 aliphatic heterocycles. The number of carboxylic acid groups (broad SMARTS) is 1. The zero-order valence-electron chi connectivity index (χ0n) is 9.09. The van der Waals surface area contributed by atoms with Crippen molar-refractivity contribution in [1.82, 2.24) is 0 Å². The van der Waals surface area contributed by atoms with Crippen LogP contribution in [-0.4, -0.2) is 11.1 Å². The van der Waals surface area contributed by atoms with Crippen LogP contribution < -0.4 is 0 Å². The minimum absolute atomic E-state index is 0.833. The average Bonchev–Trinajstić information content (AvgIpc) is 2.71. The molecule has 16 heavy (non-hydrogen) atoms. The highest BCUT2D eigenvalue weighted by atomic mass is 32.1. The van der Waals surface area contributed by atoms with Gasteiger partial charge in [0, 0.05) is 6.92 Å². The van der Waals surface area contributed by atoms with Crippen LogP contribution in [-0.2, 0) is 11.2 Å². The van der Waals surface area contributed by atoms with Crippen LogP contribution in [0.15, 0.2) is 47.2 Å². The molecule has 0 radical (unpaired) electrons. The van der Waals surface area contributed by atoms with Crippen molar-refractivity contribution in [2.45, 2.75) is 13.3 Å². The number of aliphatic carboxylic acids is 1. The monoisotopic (exact) mass is 234 g/mol. The third kappa shape index (κ3) is 5.32. The predicted molar refractivity (Wildman–Crippen MR) is 66.9 cm³/mol. The van der Waals surface area contributed by atoms with Crippen molar-refractivity contribution in [3.05, 3.63) is 58.3 Å². The van der Waals surface area contributed by atoms with E-state index in [0.717, 1.165) is 13.3 Å². The molecule has 1 heterocycles. The van der Waals surface area contributed by atoms with Crippen molar-refractivity contribution in [3.8, 4) is 0 Å². The molecule has 1 aromatic carbocycles. The van der Waals surface area contributed by atoms with Gasteiger partial charge in [-0.1, -0.05) is 30.3 Å². The van der Waals surface area contributed by atoms with E-state index >= 15 is 0 Å². The fraction of sp³-hybridized carbons (Fsp3) is 0.154. The fourth-order valence-corrected chi connectivity index (χ4v) is 1.89. The molecule has 0 aliphatic carbocycles. The van der Waals surface area contributed by atoms with E-state index in [1.165, 1.54) is 11.1 Å². The molecule has 0 spiro atoms. The van der Waals surface area contributed by atoms with Gasteiger partial charge in [-0.05, 0) is 34.4 Å². The van der Waals surface area contributed by atoms with Crippen LogP contribution in [0.1, 0.15) is 18.1 Å². The first-order chi connectivity index (χ1) is 7.68. The van der Waals surface area contributed by atoms with Gasteiger partial charge >= 0.3 is 0 Å². The van der Waals surface area contributed by atoms with Crippen molar-refractivity contribution < 1.29 is 9.90 Å². The smallest absolute Gasteiger partial charge is 0.300 e. The Morgan fingerprint density at radius 2 is 1.81 bits per heavy atom. The van der Waals surface area contributed by atoms with Crippen molar-refractivity contribution >= 4 is 17.3 Å². The van der Waals surface area contributed by atoms with Gasteiger partial charge in [0.1, 0.15) is 0 Å². The molecule has 1 aromatic heterocycles. The minimum atomic E-state index is -0.833. The second-order valence-corrected chi connectivity index (χ2v) is 4.09. The summed E-state index contributed by atoms with van der Waals surface area (Å²) in [5.74, 6) is -0.833. The summed E-state index contributed by atoms with van der Waals surface area (Å²) in [4.78, 5) is 9.00. The summed E-state index contributed by atoms with van der Waals surface area (Å²) in [6.45, 7) is 1.08. The Hall–Kier alpha value is -1.61. The maximum atomic E-state index is 9.00. The van der Waals surface area contributed by atoms with Gasteiger partial charge in [-0.3, -0.25) is 4.79 Å². The SMILES string of the molecule is CC(=O)O.c1ccc(Cc2ccsc2)cc1. The molecular weight excluding hydrogens is 220 g/mol. The van der Waals surface area contributed by atoms with Gasteiger partial charge in [-0.2, -0.15) is 11.3 Å². The van der Waals surface area contributed by atoms with Gasteiger partial charge in [0.2, 0.25) is 0 Å². The lowest BCUT2D eigenvalue weighted by Crippen LogP contribution is -1.82. The van der Waals surface area contributed by atoms with Gasteiger partial charge in [-0.25, -0.2) is 0 Å². The number of carbonyl (C=O) groups is 1. The second-order valence-electron chi connectivity index (χ2n) is 3.31. The molecule has 1 N–H and O–H groups in total. The Morgan fingerprint density at radius 3 is 2.31 bits per heavy atom. The molecule has 0 fully saturated rings. The molecule has 0 atom stereocenters. The number of hydrogen-bond donors (Lipinski definition) is 1. The number of carboxylic acids is 1. The zero-order valence-corrected chi connectivity index (χ0v) is 9.91. The Bertz CT molecular complexity index is 403. The van der Waals surface area contributed by atoms with Crippen molar-refractivity contribution in [2.24, 2.45) is 0 Å². The molecule has 0 saturated carbocycles. The van der Waals surface area contributed by atoms with Crippen LogP contribution >= 0.6 is 11.3 Å². The molecule has 84 valence electrons. The first-order valence-corrected chi connectivity index (χ1v) is 5.87. The molecule has 0 amide bonds. The van der Waals surface area contributed by atoms with Crippen LogP contribution in [0.2, 0.25) is 0 Å². The maximum absolute atomic E-state index is 9.00. The number of hydrogen-bond acceptors (Lipinski definition) is 2. The number of benzene rings is 1. The highest BCUT2D eigenvalue weighted by Crippen LogP contribution is 2.11. The Balaban J connectivity index is 0.000000280. The van der Waals surface area contributed by atoms with Crippen LogP contribution in [0.25, 0.3) is 0 Å². The molecule has 0 bridgehead atoms. The van der Waals surface area contributed by atoms with Gasteiger partial charge in [0.05, 0.1) is 0 Å². The van der Waals surface area contributed by atoms with Crippen LogP contribution in [0.3, 0.4) is 0 Å². The molecule has 2 rings (SSSR count). The van der Waals surface area contributed by atoms with E-state index < -0.39 is 5.97 Å². The normalized spacial score (nSPS) is 9.06. The van der Waals surface area contributed by atoms with Crippen molar-refractivity contribution in [2.75, 3.05) is 0 Å².